The first kappa shape index (κ1) is 18.9. The van der Waals surface area contributed by atoms with Gasteiger partial charge in [0.1, 0.15) is 12.2 Å². The van der Waals surface area contributed by atoms with Gasteiger partial charge >= 0.3 is 0 Å². The van der Waals surface area contributed by atoms with Crippen LogP contribution < -0.4 is 4.90 Å². The number of ether oxygens (including phenoxy) is 2. The van der Waals surface area contributed by atoms with Crippen molar-refractivity contribution in [1.82, 2.24) is 9.88 Å². The number of nitrogens with zero attached hydrogens (tertiary/aromatic N) is 3. The molecule has 1 spiro atoms. The van der Waals surface area contributed by atoms with Gasteiger partial charge < -0.3 is 14.4 Å². The fourth-order valence-corrected chi connectivity index (χ4v) is 3.66. The lowest BCUT2D eigenvalue weighted by atomic mass is 10.0. The molecule has 6 nitrogen and oxygen atoms in total. The average molecular weight is 389 g/mol. The van der Waals surface area contributed by atoms with Crippen LogP contribution in [-0.2, 0) is 20.8 Å². The van der Waals surface area contributed by atoms with Gasteiger partial charge in [-0.1, -0.05) is 6.07 Å². The number of amides is 1. The molecule has 1 unspecified atom stereocenters. The number of anilines is 1. The van der Waals surface area contributed by atoms with Gasteiger partial charge in [-0.3, -0.25) is 14.7 Å². The maximum absolute atomic E-state index is 13.6. The number of carbonyl (C=O) groups excluding carboxylic acids is 1. The second kappa shape index (κ2) is 7.90. The first-order chi connectivity index (χ1) is 13.5. The summed E-state index contributed by atoms with van der Waals surface area (Å²) < 4.78 is 38.5. The summed E-state index contributed by atoms with van der Waals surface area (Å²) in [6.45, 7) is 2.72. The molecule has 3 heterocycles. The number of hydrogen-bond donors (Lipinski definition) is 0. The highest BCUT2D eigenvalue weighted by molar-refractivity contribution is 5.95. The molecule has 4 rings (SSSR count). The molecule has 2 aliphatic rings. The van der Waals surface area contributed by atoms with Crippen molar-refractivity contribution in [3.8, 4) is 0 Å². The molecule has 8 heteroatoms. The molecule has 2 aliphatic heterocycles. The van der Waals surface area contributed by atoms with Crippen molar-refractivity contribution in [2.75, 3.05) is 44.4 Å². The van der Waals surface area contributed by atoms with Gasteiger partial charge in [0.25, 0.3) is 5.91 Å². The molecule has 0 radical (unpaired) electrons. The number of hydrogen-bond acceptors (Lipinski definition) is 5. The van der Waals surface area contributed by atoms with Crippen molar-refractivity contribution in [2.45, 2.75) is 12.1 Å². The largest absolute Gasteiger partial charge is 0.377 e. The van der Waals surface area contributed by atoms with Crippen LogP contribution in [0.1, 0.15) is 5.56 Å². The van der Waals surface area contributed by atoms with E-state index in [4.69, 9.17) is 9.47 Å². The van der Waals surface area contributed by atoms with E-state index in [-0.39, 0.29) is 12.5 Å². The Morgan fingerprint density at radius 1 is 1.18 bits per heavy atom. The van der Waals surface area contributed by atoms with E-state index in [1.54, 1.807) is 29.4 Å². The summed E-state index contributed by atoms with van der Waals surface area (Å²) in [5.41, 5.74) is 0.692. The van der Waals surface area contributed by atoms with E-state index in [1.807, 2.05) is 6.07 Å². The summed E-state index contributed by atoms with van der Waals surface area (Å²) in [4.78, 5) is 20.2. The van der Waals surface area contributed by atoms with Gasteiger partial charge in [-0.15, -0.1) is 0 Å². The third-order valence-corrected chi connectivity index (χ3v) is 5.03. The second-order valence-electron chi connectivity index (χ2n) is 7.17. The minimum Gasteiger partial charge on any atom is -0.377 e. The summed E-state index contributed by atoms with van der Waals surface area (Å²) in [5.74, 6) is -1.85. The van der Waals surface area contributed by atoms with Crippen LogP contribution in [-0.4, -0.2) is 60.8 Å². The Bertz CT molecular complexity index is 852. The average Bonchev–Trinajstić information content (AvgIpc) is 2.90. The van der Waals surface area contributed by atoms with E-state index in [2.05, 4.69) is 9.88 Å². The third kappa shape index (κ3) is 4.04. The predicted octanol–water partition coefficient (Wildman–Crippen LogP) is 1.99. The van der Waals surface area contributed by atoms with Crippen LogP contribution in [0, 0.1) is 11.6 Å². The van der Waals surface area contributed by atoms with E-state index < -0.39 is 17.2 Å². The van der Waals surface area contributed by atoms with Gasteiger partial charge in [-0.25, -0.2) is 8.78 Å². The molecule has 2 saturated heterocycles. The van der Waals surface area contributed by atoms with Crippen LogP contribution in [0.25, 0.3) is 0 Å². The maximum atomic E-state index is 13.6. The van der Waals surface area contributed by atoms with Crippen molar-refractivity contribution in [2.24, 2.45) is 0 Å². The van der Waals surface area contributed by atoms with Gasteiger partial charge in [0.05, 0.1) is 31.6 Å². The number of aromatic nitrogens is 1. The second-order valence-corrected chi connectivity index (χ2v) is 7.17. The van der Waals surface area contributed by atoms with Crippen LogP contribution in [0.3, 0.4) is 0 Å². The number of benzene rings is 1. The number of morpholine rings is 1. The molecule has 2 aromatic rings. The summed E-state index contributed by atoms with van der Waals surface area (Å²) >= 11 is 0. The number of rotatable bonds is 3. The van der Waals surface area contributed by atoms with Crippen molar-refractivity contribution >= 4 is 11.6 Å². The fraction of sp³-hybridized carbons (Fsp3) is 0.400. The molecule has 0 bridgehead atoms. The number of halogens is 2. The van der Waals surface area contributed by atoms with E-state index in [0.29, 0.717) is 50.6 Å². The molecule has 0 N–H and O–H groups in total. The van der Waals surface area contributed by atoms with Gasteiger partial charge in [0.15, 0.2) is 11.6 Å². The molecule has 1 atom stereocenters. The Kier molecular flexibility index (Phi) is 5.34. The monoisotopic (exact) mass is 389 g/mol. The summed E-state index contributed by atoms with van der Waals surface area (Å²) in [5, 5.41) is 0. The highest BCUT2D eigenvalue weighted by Crippen LogP contribution is 2.27. The van der Waals surface area contributed by atoms with Crippen molar-refractivity contribution in [1.29, 1.82) is 0 Å². The van der Waals surface area contributed by atoms with Crippen molar-refractivity contribution in [3.63, 3.8) is 0 Å². The van der Waals surface area contributed by atoms with Crippen LogP contribution in [0.15, 0.2) is 42.7 Å². The van der Waals surface area contributed by atoms with E-state index >= 15 is 0 Å². The highest BCUT2D eigenvalue weighted by Gasteiger charge is 2.43. The van der Waals surface area contributed by atoms with Gasteiger partial charge in [0, 0.05) is 25.8 Å². The van der Waals surface area contributed by atoms with Crippen LogP contribution in [0.2, 0.25) is 0 Å². The molecule has 1 aromatic carbocycles. The Morgan fingerprint density at radius 3 is 2.86 bits per heavy atom. The molecule has 148 valence electrons. The quantitative estimate of drug-likeness (QED) is 0.804. The summed E-state index contributed by atoms with van der Waals surface area (Å²) in [7, 11) is 0. The molecule has 28 heavy (non-hydrogen) atoms. The minimum absolute atomic E-state index is 0.0444. The molecule has 2 fully saturated rings. The zero-order valence-corrected chi connectivity index (χ0v) is 15.3. The predicted molar refractivity (Wildman–Crippen MR) is 97.7 cm³/mol. The maximum Gasteiger partial charge on any atom is 0.253 e. The Balaban J connectivity index is 1.52. The normalized spacial score (nSPS) is 23.8. The molecule has 1 aromatic heterocycles. The Morgan fingerprint density at radius 2 is 2.07 bits per heavy atom. The van der Waals surface area contributed by atoms with Crippen molar-refractivity contribution in [3.05, 3.63) is 59.9 Å². The molecule has 1 amide bonds. The van der Waals surface area contributed by atoms with Gasteiger partial charge in [0.2, 0.25) is 0 Å². The third-order valence-electron chi connectivity index (χ3n) is 5.03. The highest BCUT2D eigenvalue weighted by atomic mass is 19.2. The van der Waals surface area contributed by atoms with E-state index in [9.17, 15) is 13.6 Å². The summed E-state index contributed by atoms with van der Waals surface area (Å²) in [6, 6.07) is 7.53. The Hall–Kier alpha value is -2.42. The first-order valence-electron chi connectivity index (χ1n) is 9.13. The van der Waals surface area contributed by atoms with Crippen molar-refractivity contribution < 1.29 is 23.0 Å². The lowest BCUT2D eigenvalue weighted by molar-refractivity contribution is -0.146. The fourth-order valence-electron chi connectivity index (χ4n) is 3.66. The number of carbonyl (C=O) groups is 1. The molecular formula is C20H21F2N3O3. The zero-order valence-electron chi connectivity index (χ0n) is 15.3. The standard InChI is InChI=1S/C20H21F2N3O3/c21-17-4-3-15(8-18(17)22)10-24-6-7-27-14-20(12-24)13-25(19(26)11-28-20)16-2-1-5-23-9-16/h1-5,8-9H,6-7,10-14H2. The number of pyridine rings is 1. The SMILES string of the molecule is O=C1COC2(COCCN(Cc3ccc(F)c(F)c3)C2)CN1c1cccnc1. The van der Waals surface area contributed by atoms with E-state index in [1.165, 1.54) is 6.07 Å². The first-order valence-corrected chi connectivity index (χ1v) is 9.13. The van der Waals surface area contributed by atoms with Crippen LogP contribution >= 0.6 is 0 Å². The lowest BCUT2D eigenvalue weighted by Crippen LogP contribution is -2.60. The zero-order chi connectivity index (χ0) is 19.6. The smallest absolute Gasteiger partial charge is 0.253 e. The summed E-state index contributed by atoms with van der Waals surface area (Å²) in [6.07, 6.45) is 3.30. The lowest BCUT2D eigenvalue weighted by Gasteiger charge is -2.43. The molecular weight excluding hydrogens is 368 g/mol. The molecule has 0 aliphatic carbocycles. The minimum atomic E-state index is -0.861. The van der Waals surface area contributed by atoms with Gasteiger partial charge in [-0.2, -0.15) is 0 Å². The Labute approximate surface area is 161 Å². The van der Waals surface area contributed by atoms with E-state index in [0.717, 1.165) is 6.07 Å². The van der Waals surface area contributed by atoms with Crippen LogP contribution in [0.4, 0.5) is 14.5 Å². The van der Waals surface area contributed by atoms with Crippen LogP contribution in [0.5, 0.6) is 0 Å². The van der Waals surface area contributed by atoms with Gasteiger partial charge in [-0.05, 0) is 29.8 Å². The topological polar surface area (TPSA) is 54.9 Å². The molecule has 0 saturated carbocycles.